The van der Waals surface area contributed by atoms with Crippen LogP contribution < -0.4 is 22.1 Å². The van der Waals surface area contributed by atoms with E-state index in [1.807, 2.05) is 0 Å². The highest BCUT2D eigenvalue weighted by Gasteiger charge is 2.52. The molecule has 0 saturated carbocycles. The number of nitrogens with one attached hydrogen (secondary N) is 2. The summed E-state index contributed by atoms with van der Waals surface area (Å²) in [7, 11) is 0. The molecule has 20 heavy (non-hydrogen) atoms. The number of ether oxygens (including phenoxy) is 1. The number of nitrogens with two attached hydrogens (primary N) is 1. The molecule has 1 aliphatic heterocycles. The van der Waals surface area contributed by atoms with E-state index in [-0.39, 0.29) is 5.82 Å². The van der Waals surface area contributed by atoms with E-state index in [4.69, 9.17) is 16.0 Å². The Balaban J connectivity index is 2.39. The molecule has 0 spiro atoms. The standard InChI is InChI=1S/C10H16N6O4/c1-5-7(18)10(4-17,14-15-12)20-8(5)16-3-2-6(11)13-9(16)19/h2-3,5,7-8,15,17-18H,4H2,1H3,(H3-,11,12,13,14,19)/t5-,7-,8+,10+/m0/s1. The minimum atomic E-state index is -1.64. The van der Waals surface area contributed by atoms with Crippen molar-refractivity contribution in [2.45, 2.75) is 25.0 Å². The van der Waals surface area contributed by atoms with Gasteiger partial charge in [0.05, 0.1) is 12.7 Å². The summed E-state index contributed by atoms with van der Waals surface area (Å²) in [5, 5.41) is 21.2. The molecule has 4 atom stereocenters. The Hall–Kier alpha value is -2.04. The second-order valence-corrected chi connectivity index (χ2v) is 4.64. The van der Waals surface area contributed by atoms with Crippen molar-refractivity contribution in [2.75, 3.05) is 12.3 Å². The van der Waals surface area contributed by atoms with Gasteiger partial charge in [0.15, 0.2) is 5.72 Å². The molecule has 2 rings (SSSR count). The third-order valence-corrected chi connectivity index (χ3v) is 3.38. The number of anilines is 1. The first-order valence-corrected chi connectivity index (χ1v) is 5.93. The van der Waals surface area contributed by atoms with Gasteiger partial charge in [-0.25, -0.2) is 4.79 Å². The quantitative estimate of drug-likeness (QED) is 0.285. The number of rotatable bonds is 4. The van der Waals surface area contributed by atoms with Crippen LogP contribution in [0.15, 0.2) is 17.1 Å². The summed E-state index contributed by atoms with van der Waals surface area (Å²) in [4.78, 5) is 15.4. The summed E-state index contributed by atoms with van der Waals surface area (Å²) in [5.41, 5.74) is 14.1. The van der Waals surface area contributed by atoms with Gasteiger partial charge in [-0.05, 0) is 6.07 Å². The van der Waals surface area contributed by atoms with Gasteiger partial charge in [0.1, 0.15) is 12.0 Å². The Bertz CT molecular complexity index is 563. The van der Waals surface area contributed by atoms with Crippen molar-refractivity contribution in [2.24, 2.45) is 5.92 Å². The lowest BCUT2D eigenvalue weighted by Crippen LogP contribution is -2.85. The number of nitrogens with zero attached hydrogens (tertiary/aromatic N) is 3. The molecule has 2 heterocycles. The monoisotopic (exact) mass is 284 g/mol. The van der Waals surface area contributed by atoms with Crippen LogP contribution in [0.5, 0.6) is 0 Å². The fourth-order valence-electron chi connectivity index (χ4n) is 2.27. The molecule has 0 amide bonds. The summed E-state index contributed by atoms with van der Waals surface area (Å²) in [6.45, 7) is 1.01. The number of aromatic nitrogens is 2. The van der Waals surface area contributed by atoms with Gasteiger partial charge in [-0.1, -0.05) is 6.92 Å². The molecule has 0 radical (unpaired) electrons. The second kappa shape index (κ2) is 5.15. The number of hydrogen-bond donors (Lipinski definition) is 5. The van der Waals surface area contributed by atoms with Gasteiger partial charge < -0.3 is 20.7 Å². The van der Waals surface area contributed by atoms with Crippen LogP contribution in [0.25, 0.3) is 5.53 Å². The van der Waals surface area contributed by atoms with Crippen molar-refractivity contribution in [1.29, 1.82) is 0 Å². The zero-order chi connectivity index (χ0) is 14.9. The molecule has 1 fully saturated rings. The van der Waals surface area contributed by atoms with Gasteiger partial charge in [0.25, 0.3) is 0 Å². The highest BCUT2D eigenvalue weighted by atomic mass is 16.6. The van der Waals surface area contributed by atoms with Crippen LogP contribution in [-0.2, 0) is 4.74 Å². The van der Waals surface area contributed by atoms with Crippen LogP contribution in [0.2, 0.25) is 0 Å². The summed E-state index contributed by atoms with van der Waals surface area (Å²) in [6, 6.07) is 1.42. The molecular formula is C10H16N6O4. The smallest absolute Gasteiger partial charge is 0.351 e. The Labute approximate surface area is 113 Å². The molecular weight excluding hydrogens is 268 g/mol. The minimum Gasteiger partial charge on any atom is -0.393 e. The number of hydrogen-bond acceptors (Lipinski definition) is 6. The molecule has 10 nitrogen and oxygen atoms in total. The highest BCUT2D eigenvalue weighted by molar-refractivity contribution is 5.23. The first-order chi connectivity index (χ1) is 9.45. The molecule has 110 valence electrons. The molecule has 6 N–H and O–H groups in total. The molecule has 1 aromatic heterocycles. The topological polar surface area (TPSA) is 159 Å². The van der Waals surface area contributed by atoms with Gasteiger partial charge >= 0.3 is 5.69 Å². The summed E-state index contributed by atoms with van der Waals surface area (Å²) >= 11 is 0. The Morgan fingerprint density at radius 3 is 3.00 bits per heavy atom. The fraction of sp³-hybridized carbons (Fsp3) is 0.600. The molecule has 1 aromatic rings. The van der Waals surface area contributed by atoms with E-state index >= 15 is 0 Å². The van der Waals surface area contributed by atoms with Gasteiger partial charge in [-0.15, -0.1) is 0 Å². The van der Waals surface area contributed by atoms with Crippen molar-refractivity contribution >= 4 is 5.82 Å². The predicted molar refractivity (Wildman–Crippen MR) is 65.5 cm³/mol. The Morgan fingerprint density at radius 2 is 2.45 bits per heavy atom. The van der Waals surface area contributed by atoms with E-state index in [1.165, 1.54) is 12.3 Å². The molecule has 0 aromatic carbocycles. The molecule has 0 aliphatic carbocycles. The summed E-state index contributed by atoms with van der Waals surface area (Å²) in [6.07, 6.45) is -0.668. The van der Waals surface area contributed by atoms with E-state index in [2.05, 4.69) is 10.4 Å². The molecule has 0 unspecified atom stereocenters. The van der Waals surface area contributed by atoms with E-state index < -0.39 is 36.3 Å². The van der Waals surface area contributed by atoms with E-state index in [1.54, 1.807) is 12.1 Å². The Kier molecular flexibility index (Phi) is 3.70. The number of nitrogen functional groups attached to an aromatic ring is 1. The van der Waals surface area contributed by atoms with Crippen molar-refractivity contribution in [1.82, 2.24) is 15.0 Å². The lowest BCUT2D eigenvalue weighted by Gasteiger charge is -2.30. The van der Waals surface area contributed by atoms with Crippen molar-refractivity contribution < 1.29 is 20.2 Å². The summed E-state index contributed by atoms with van der Waals surface area (Å²) < 4.78 is 6.67. The zero-order valence-corrected chi connectivity index (χ0v) is 10.7. The Morgan fingerprint density at radius 1 is 1.75 bits per heavy atom. The lowest BCUT2D eigenvalue weighted by molar-refractivity contribution is -0.582. The zero-order valence-electron chi connectivity index (χ0n) is 10.7. The van der Waals surface area contributed by atoms with E-state index in [0.717, 1.165) is 4.57 Å². The second-order valence-electron chi connectivity index (χ2n) is 4.64. The third kappa shape index (κ3) is 2.13. The maximum atomic E-state index is 11.8. The molecule has 1 aliphatic rings. The summed E-state index contributed by atoms with van der Waals surface area (Å²) in [5.74, 6) is -0.479. The molecule has 10 heteroatoms. The first kappa shape index (κ1) is 14.4. The van der Waals surface area contributed by atoms with Crippen molar-refractivity contribution in [3.63, 3.8) is 0 Å². The van der Waals surface area contributed by atoms with Crippen LogP contribution in [-0.4, -0.2) is 38.2 Å². The third-order valence-electron chi connectivity index (χ3n) is 3.38. The molecule has 0 bridgehead atoms. The van der Waals surface area contributed by atoms with Crippen LogP contribution in [0.3, 0.4) is 0 Å². The lowest BCUT2D eigenvalue weighted by atomic mass is 9.98. The van der Waals surface area contributed by atoms with Crippen LogP contribution in [0.4, 0.5) is 5.82 Å². The van der Waals surface area contributed by atoms with Crippen molar-refractivity contribution in [3.05, 3.63) is 28.3 Å². The first-order valence-electron chi connectivity index (χ1n) is 5.93. The number of hydrazine groups is 1. The van der Waals surface area contributed by atoms with Crippen LogP contribution in [0.1, 0.15) is 13.2 Å². The van der Waals surface area contributed by atoms with Gasteiger partial charge in [0.2, 0.25) is 0 Å². The molecule has 1 saturated heterocycles. The predicted octanol–water partition coefficient (Wildman–Crippen LogP) is -3.35. The SMILES string of the molecule is C[C@@H]1[C@H](n2ccc(N)nc2=O)O[C@@](CO)(N[NH+]=[N-])[C@H]1O. The van der Waals surface area contributed by atoms with Crippen molar-refractivity contribution in [3.8, 4) is 0 Å². The minimum absolute atomic E-state index is 0.0704. The average molecular weight is 284 g/mol. The van der Waals surface area contributed by atoms with Crippen LogP contribution >= 0.6 is 0 Å². The maximum absolute atomic E-state index is 11.8. The van der Waals surface area contributed by atoms with E-state index in [0.29, 0.717) is 0 Å². The normalized spacial score (nSPS) is 33.0. The van der Waals surface area contributed by atoms with E-state index in [9.17, 15) is 15.0 Å². The average Bonchev–Trinajstić information content (AvgIpc) is 2.65. The number of aliphatic hydroxyl groups is 2. The van der Waals surface area contributed by atoms with Gasteiger partial charge in [0, 0.05) is 12.1 Å². The fourth-order valence-corrected chi connectivity index (χ4v) is 2.27. The van der Waals surface area contributed by atoms with Crippen LogP contribution in [0, 0.1) is 5.92 Å². The number of aliphatic hydroxyl groups excluding tert-OH is 2. The largest absolute Gasteiger partial charge is 0.393 e. The van der Waals surface area contributed by atoms with Gasteiger partial charge in [-0.3, -0.25) is 9.99 Å². The van der Waals surface area contributed by atoms with Gasteiger partial charge in [-0.2, -0.15) is 15.7 Å². The maximum Gasteiger partial charge on any atom is 0.351 e. The highest BCUT2D eigenvalue weighted by Crippen LogP contribution is 2.38.